The highest BCUT2D eigenvalue weighted by molar-refractivity contribution is 6.31. The molecule has 0 saturated carbocycles. The van der Waals surface area contributed by atoms with Crippen molar-refractivity contribution in [3.63, 3.8) is 0 Å². The van der Waals surface area contributed by atoms with Crippen molar-refractivity contribution in [1.29, 1.82) is 5.26 Å². The first kappa shape index (κ1) is 17.5. The summed E-state index contributed by atoms with van der Waals surface area (Å²) < 4.78 is 0. The summed E-state index contributed by atoms with van der Waals surface area (Å²) in [6, 6.07) is 17.8. The fourth-order valence-electron chi connectivity index (χ4n) is 2.34. The van der Waals surface area contributed by atoms with Crippen LogP contribution < -0.4 is 10.6 Å². The topological polar surface area (TPSA) is 77.8 Å². The minimum Gasteiger partial charge on any atom is -0.339 e. The second-order valence-corrected chi connectivity index (χ2v) is 6.04. The van der Waals surface area contributed by atoms with Crippen LogP contribution in [0.2, 0.25) is 5.02 Å². The normalized spacial score (nSPS) is 10.0. The maximum absolute atomic E-state index is 12.5. The fraction of sp³-hybridized carbons (Fsp3) is 0.0500. The molecule has 0 bridgehead atoms. The average Bonchev–Trinajstić information content (AvgIpc) is 2.65. The number of hydrogen-bond donors (Lipinski definition) is 2. The molecule has 6 heteroatoms. The van der Waals surface area contributed by atoms with Gasteiger partial charge < -0.3 is 10.6 Å². The average molecular weight is 363 g/mol. The van der Waals surface area contributed by atoms with Gasteiger partial charge in [-0.25, -0.2) is 4.98 Å². The van der Waals surface area contributed by atoms with Crippen LogP contribution in [0.3, 0.4) is 0 Å². The fourth-order valence-corrected chi connectivity index (χ4v) is 2.52. The second-order valence-electron chi connectivity index (χ2n) is 5.63. The van der Waals surface area contributed by atoms with E-state index in [0.717, 1.165) is 5.56 Å². The molecular formula is C20H15ClN4O. The van der Waals surface area contributed by atoms with E-state index in [1.807, 2.05) is 19.1 Å². The van der Waals surface area contributed by atoms with E-state index >= 15 is 0 Å². The predicted molar refractivity (Wildman–Crippen MR) is 103 cm³/mol. The van der Waals surface area contributed by atoms with Crippen molar-refractivity contribution in [3.8, 4) is 6.07 Å². The molecule has 3 aromatic rings. The molecule has 0 aliphatic rings. The number of carbonyl (C=O) groups excluding carboxylic acids is 1. The van der Waals surface area contributed by atoms with Gasteiger partial charge in [0.2, 0.25) is 0 Å². The van der Waals surface area contributed by atoms with Gasteiger partial charge in [0, 0.05) is 22.5 Å². The number of para-hydroxylation sites is 1. The lowest BCUT2D eigenvalue weighted by molar-refractivity contribution is 0.102. The SMILES string of the molecule is Cc1ccc(NC(=O)c2ccnc(Nc3ccccc3C#N)c2)cc1Cl. The molecule has 2 aromatic carbocycles. The first-order valence-corrected chi connectivity index (χ1v) is 8.24. The highest BCUT2D eigenvalue weighted by Gasteiger charge is 2.09. The van der Waals surface area contributed by atoms with E-state index in [9.17, 15) is 4.79 Å². The number of carbonyl (C=O) groups is 1. The number of benzene rings is 2. The minimum atomic E-state index is -0.274. The van der Waals surface area contributed by atoms with Crippen molar-refractivity contribution in [1.82, 2.24) is 4.98 Å². The highest BCUT2D eigenvalue weighted by Crippen LogP contribution is 2.22. The molecule has 0 radical (unpaired) electrons. The number of aryl methyl sites for hydroxylation is 1. The third-order valence-electron chi connectivity index (χ3n) is 3.76. The van der Waals surface area contributed by atoms with E-state index in [0.29, 0.717) is 33.3 Å². The van der Waals surface area contributed by atoms with Crippen LogP contribution in [0.5, 0.6) is 0 Å². The lowest BCUT2D eigenvalue weighted by atomic mass is 10.2. The number of pyridine rings is 1. The largest absolute Gasteiger partial charge is 0.339 e. The zero-order valence-electron chi connectivity index (χ0n) is 14.0. The standard InChI is InChI=1S/C20H15ClN4O/c1-13-6-7-16(11-17(13)21)24-20(26)14-8-9-23-19(10-14)25-18-5-3-2-4-15(18)12-22/h2-11H,1H3,(H,23,25)(H,24,26). The van der Waals surface area contributed by atoms with Gasteiger partial charge in [-0.05, 0) is 48.9 Å². The summed E-state index contributed by atoms with van der Waals surface area (Å²) in [6.07, 6.45) is 1.54. The molecule has 0 unspecified atom stereocenters. The van der Waals surface area contributed by atoms with Crippen molar-refractivity contribution < 1.29 is 4.79 Å². The number of hydrogen-bond acceptors (Lipinski definition) is 4. The summed E-state index contributed by atoms with van der Waals surface area (Å²) in [5.41, 5.74) is 3.13. The van der Waals surface area contributed by atoms with Crippen LogP contribution in [0.15, 0.2) is 60.8 Å². The van der Waals surface area contributed by atoms with Gasteiger partial charge in [0.25, 0.3) is 5.91 Å². The summed E-state index contributed by atoms with van der Waals surface area (Å²) in [7, 11) is 0. The molecule has 0 saturated heterocycles. The number of halogens is 1. The molecule has 128 valence electrons. The Morgan fingerprint density at radius 2 is 1.96 bits per heavy atom. The molecule has 3 rings (SSSR count). The number of nitrogens with zero attached hydrogens (tertiary/aromatic N) is 2. The smallest absolute Gasteiger partial charge is 0.255 e. The van der Waals surface area contributed by atoms with E-state index in [1.54, 1.807) is 42.5 Å². The number of aromatic nitrogens is 1. The van der Waals surface area contributed by atoms with E-state index in [2.05, 4.69) is 21.7 Å². The zero-order valence-corrected chi connectivity index (χ0v) is 14.7. The van der Waals surface area contributed by atoms with Crippen LogP contribution >= 0.6 is 11.6 Å². The molecule has 0 spiro atoms. The Hall–Kier alpha value is -3.36. The summed E-state index contributed by atoms with van der Waals surface area (Å²) in [4.78, 5) is 16.7. The molecule has 1 heterocycles. The lowest BCUT2D eigenvalue weighted by Gasteiger charge is -2.10. The van der Waals surface area contributed by atoms with Crippen molar-refractivity contribution in [2.45, 2.75) is 6.92 Å². The monoisotopic (exact) mass is 362 g/mol. The van der Waals surface area contributed by atoms with Crippen LogP contribution in [0, 0.1) is 18.3 Å². The maximum Gasteiger partial charge on any atom is 0.255 e. The Bertz CT molecular complexity index is 1010. The Morgan fingerprint density at radius 3 is 2.73 bits per heavy atom. The van der Waals surface area contributed by atoms with Crippen LogP contribution in [0.4, 0.5) is 17.2 Å². The Balaban J connectivity index is 1.79. The van der Waals surface area contributed by atoms with Gasteiger partial charge in [-0.1, -0.05) is 29.8 Å². The Morgan fingerprint density at radius 1 is 1.15 bits per heavy atom. The van der Waals surface area contributed by atoms with Crippen molar-refractivity contribution in [2.24, 2.45) is 0 Å². The second kappa shape index (κ2) is 7.68. The quantitative estimate of drug-likeness (QED) is 0.691. The van der Waals surface area contributed by atoms with Gasteiger partial charge in [-0.3, -0.25) is 4.79 Å². The summed E-state index contributed by atoms with van der Waals surface area (Å²) in [5.74, 6) is 0.200. The first-order valence-electron chi connectivity index (χ1n) is 7.86. The third kappa shape index (κ3) is 4.00. The number of rotatable bonds is 4. The maximum atomic E-state index is 12.5. The van der Waals surface area contributed by atoms with Crippen LogP contribution in [0.1, 0.15) is 21.5 Å². The third-order valence-corrected chi connectivity index (χ3v) is 4.17. The number of amides is 1. The number of anilines is 3. The van der Waals surface area contributed by atoms with Crippen LogP contribution in [-0.2, 0) is 0 Å². The van der Waals surface area contributed by atoms with Crippen LogP contribution in [-0.4, -0.2) is 10.9 Å². The Labute approximate surface area is 156 Å². The summed E-state index contributed by atoms with van der Waals surface area (Å²) in [6.45, 7) is 1.90. The zero-order chi connectivity index (χ0) is 18.5. The summed E-state index contributed by atoms with van der Waals surface area (Å²) in [5, 5.41) is 15.6. The number of nitrogens with one attached hydrogen (secondary N) is 2. The van der Waals surface area contributed by atoms with Crippen molar-refractivity contribution in [2.75, 3.05) is 10.6 Å². The first-order chi connectivity index (χ1) is 12.6. The molecular weight excluding hydrogens is 348 g/mol. The molecule has 1 amide bonds. The molecule has 5 nitrogen and oxygen atoms in total. The highest BCUT2D eigenvalue weighted by atomic mass is 35.5. The van der Waals surface area contributed by atoms with E-state index in [-0.39, 0.29) is 5.91 Å². The van der Waals surface area contributed by atoms with E-state index < -0.39 is 0 Å². The summed E-state index contributed by atoms with van der Waals surface area (Å²) >= 11 is 6.09. The van der Waals surface area contributed by atoms with E-state index in [1.165, 1.54) is 6.20 Å². The molecule has 0 atom stereocenters. The molecule has 0 aliphatic carbocycles. The van der Waals surface area contributed by atoms with Gasteiger partial charge in [-0.2, -0.15) is 5.26 Å². The van der Waals surface area contributed by atoms with Gasteiger partial charge in [0.1, 0.15) is 11.9 Å². The number of nitriles is 1. The van der Waals surface area contributed by atoms with Gasteiger partial charge in [0.05, 0.1) is 11.3 Å². The molecule has 2 N–H and O–H groups in total. The predicted octanol–water partition coefficient (Wildman–Crippen LogP) is 4.91. The van der Waals surface area contributed by atoms with Gasteiger partial charge in [0.15, 0.2) is 0 Å². The van der Waals surface area contributed by atoms with Crippen LogP contribution in [0.25, 0.3) is 0 Å². The molecule has 0 fully saturated rings. The van der Waals surface area contributed by atoms with Crippen molar-refractivity contribution in [3.05, 3.63) is 82.5 Å². The molecule has 0 aliphatic heterocycles. The molecule has 1 aromatic heterocycles. The Kier molecular flexibility index (Phi) is 5.16. The molecule has 26 heavy (non-hydrogen) atoms. The minimum absolute atomic E-state index is 0.274. The van der Waals surface area contributed by atoms with Gasteiger partial charge >= 0.3 is 0 Å². The van der Waals surface area contributed by atoms with Gasteiger partial charge in [-0.15, -0.1) is 0 Å². The lowest BCUT2D eigenvalue weighted by Crippen LogP contribution is -2.12. The van der Waals surface area contributed by atoms with Crippen molar-refractivity contribution >= 4 is 34.7 Å². The van der Waals surface area contributed by atoms with E-state index in [4.69, 9.17) is 16.9 Å².